The Labute approximate surface area is 85.6 Å². The summed E-state index contributed by atoms with van der Waals surface area (Å²) in [6, 6.07) is 0.0156. The van der Waals surface area contributed by atoms with Crippen molar-refractivity contribution in [3.63, 3.8) is 0 Å². The van der Waals surface area contributed by atoms with Crippen molar-refractivity contribution in [3.05, 3.63) is 0 Å². The molecule has 0 aromatic carbocycles. The summed E-state index contributed by atoms with van der Waals surface area (Å²) < 4.78 is 0. The number of hydrogen-bond acceptors (Lipinski definition) is 2. The topological polar surface area (TPSA) is 41.1 Å². The largest absolute Gasteiger partial charge is 0.353 e. The zero-order chi connectivity index (χ0) is 10.2. The predicted octanol–water partition coefficient (Wildman–Crippen LogP) is 1.04. The van der Waals surface area contributed by atoms with E-state index in [1.54, 1.807) is 0 Å². The van der Waals surface area contributed by atoms with E-state index in [-0.39, 0.29) is 17.5 Å². The summed E-state index contributed by atoms with van der Waals surface area (Å²) >= 11 is 0. The van der Waals surface area contributed by atoms with Gasteiger partial charge < -0.3 is 5.32 Å². The van der Waals surface area contributed by atoms with Gasteiger partial charge in [0.15, 0.2) is 0 Å². The van der Waals surface area contributed by atoms with Crippen LogP contribution in [0.25, 0.3) is 0 Å². The average Bonchev–Trinajstić information content (AvgIpc) is 2.58. The molecule has 1 atom stereocenters. The number of carbonyl (C=O) groups is 1. The Morgan fingerprint density at radius 2 is 2.00 bits per heavy atom. The van der Waals surface area contributed by atoms with Crippen molar-refractivity contribution in [3.8, 4) is 0 Å². The third-order valence-electron chi connectivity index (χ3n) is 3.57. The van der Waals surface area contributed by atoms with Gasteiger partial charge >= 0.3 is 0 Å². The van der Waals surface area contributed by atoms with E-state index in [1.165, 1.54) is 25.7 Å². The Hall–Kier alpha value is -0.570. The lowest BCUT2D eigenvalue weighted by Gasteiger charge is -2.41. The molecule has 80 valence electrons. The summed E-state index contributed by atoms with van der Waals surface area (Å²) in [5, 5.41) is 6.61. The van der Waals surface area contributed by atoms with Crippen LogP contribution in [-0.2, 0) is 4.79 Å². The van der Waals surface area contributed by atoms with Gasteiger partial charge in [-0.15, -0.1) is 0 Å². The summed E-state index contributed by atoms with van der Waals surface area (Å²) in [5.74, 6) is 0.560. The van der Waals surface area contributed by atoms with E-state index < -0.39 is 0 Å². The van der Waals surface area contributed by atoms with Gasteiger partial charge in [0.05, 0.1) is 6.04 Å². The first kappa shape index (κ1) is 9.97. The highest BCUT2D eigenvalue weighted by atomic mass is 16.2. The fraction of sp³-hybridized carbons (Fsp3) is 0.909. The molecular formula is C11H20N2O. The molecule has 3 nitrogen and oxygen atoms in total. The van der Waals surface area contributed by atoms with E-state index in [1.807, 2.05) is 0 Å². The van der Waals surface area contributed by atoms with Crippen molar-refractivity contribution in [2.45, 2.75) is 51.1 Å². The van der Waals surface area contributed by atoms with Gasteiger partial charge in [-0.2, -0.15) is 0 Å². The Kier molecular flexibility index (Phi) is 2.52. The molecule has 2 aliphatic rings. The van der Waals surface area contributed by atoms with Crippen LogP contribution in [0.3, 0.4) is 0 Å². The van der Waals surface area contributed by atoms with Crippen molar-refractivity contribution in [2.24, 2.45) is 5.92 Å². The van der Waals surface area contributed by atoms with Crippen molar-refractivity contribution in [1.29, 1.82) is 0 Å². The lowest BCUT2D eigenvalue weighted by atomic mass is 9.89. The summed E-state index contributed by atoms with van der Waals surface area (Å²) in [6.45, 7) is 5.03. The van der Waals surface area contributed by atoms with Gasteiger partial charge in [0, 0.05) is 12.1 Å². The summed E-state index contributed by atoms with van der Waals surface area (Å²) in [7, 11) is 0. The average molecular weight is 196 g/mol. The van der Waals surface area contributed by atoms with Crippen LogP contribution in [0.1, 0.15) is 39.5 Å². The molecule has 1 spiro atoms. The minimum Gasteiger partial charge on any atom is -0.353 e. The summed E-state index contributed by atoms with van der Waals surface area (Å²) in [6.07, 6.45) is 5.04. The van der Waals surface area contributed by atoms with E-state index >= 15 is 0 Å². The number of carbonyl (C=O) groups excluding carboxylic acids is 1. The zero-order valence-corrected chi connectivity index (χ0v) is 9.10. The van der Waals surface area contributed by atoms with Crippen LogP contribution in [-0.4, -0.2) is 24.0 Å². The molecule has 3 heteroatoms. The van der Waals surface area contributed by atoms with E-state index in [4.69, 9.17) is 0 Å². The zero-order valence-electron chi connectivity index (χ0n) is 9.10. The molecule has 1 aliphatic carbocycles. The van der Waals surface area contributed by atoms with Crippen LogP contribution in [0.5, 0.6) is 0 Å². The maximum absolute atomic E-state index is 11.6. The first-order chi connectivity index (χ1) is 6.63. The smallest absolute Gasteiger partial charge is 0.237 e. The van der Waals surface area contributed by atoms with Crippen molar-refractivity contribution < 1.29 is 4.79 Å². The van der Waals surface area contributed by atoms with Gasteiger partial charge in [-0.05, 0) is 18.8 Å². The predicted molar refractivity (Wildman–Crippen MR) is 56.0 cm³/mol. The van der Waals surface area contributed by atoms with E-state index in [0.717, 1.165) is 6.54 Å². The third-order valence-corrected chi connectivity index (χ3v) is 3.57. The van der Waals surface area contributed by atoms with Gasteiger partial charge in [0.25, 0.3) is 0 Å². The monoisotopic (exact) mass is 196 g/mol. The molecule has 0 aromatic rings. The second kappa shape index (κ2) is 3.54. The molecule has 2 fully saturated rings. The normalized spacial score (nSPS) is 31.1. The van der Waals surface area contributed by atoms with Gasteiger partial charge in [-0.3, -0.25) is 10.1 Å². The van der Waals surface area contributed by atoms with Crippen LogP contribution >= 0.6 is 0 Å². The van der Waals surface area contributed by atoms with Crippen LogP contribution in [0, 0.1) is 5.92 Å². The maximum Gasteiger partial charge on any atom is 0.237 e. The second-order valence-electron chi connectivity index (χ2n) is 5.07. The van der Waals surface area contributed by atoms with Gasteiger partial charge in [-0.1, -0.05) is 26.7 Å². The van der Waals surface area contributed by atoms with Gasteiger partial charge in [0.1, 0.15) is 0 Å². The molecule has 14 heavy (non-hydrogen) atoms. The molecule has 0 aromatic heterocycles. The fourth-order valence-corrected chi connectivity index (χ4v) is 2.66. The highest BCUT2D eigenvalue weighted by Crippen LogP contribution is 2.31. The highest BCUT2D eigenvalue weighted by Gasteiger charge is 2.42. The molecule has 2 N–H and O–H groups in total. The summed E-state index contributed by atoms with van der Waals surface area (Å²) in [5.41, 5.74) is 0.225. The third kappa shape index (κ3) is 1.65. The lowest BCUT2D eigenvalue weighted by Crippen LogP contribution is -2.66. The molecule has 0 radical (unpaired) electrons. The molecular weight excluding hydrogens is 176 g/mol. The minimum atomic E-state index is 0.0156. The van der Waals surface area contributed by atoms with Gasteiger partial charge in [0.2, 0.25) is 5.91 Å². The molecule has 0 bridgehead atoms. The van der Waals surface area contributed by atoms with Crippen LogP contribution in [0.2, 0.25) is 0 Å². The molecule has 1 saturated heterocycles. The van der Waals surface area contributed by atoms with E-state index in [0.29, 0.717) is 5.92 Å². The van der Waals surface area contributed by atoms with Crippen LogP contribution in [0.4, 0.5) is 0 Å². The molecule has 2 rings (SSSR count). The van der Waals surface area contributed by atoms with E-state index in [2.05, 4.69) is 24.5 Å². The molecule has 1 aliphatic heterocycles. The number of rotatable bonds is 1. The number of hydrogen-bond donors (Lipinski definition) is 2. The van der Waals surface area contributed by atoms with E-state index in [9.17, 15) is 4.79 Å². The fourth-order valence-electron chi connectivity index (χ4n) is 2.66. The summed E-state index contributed by atoms with van der Waals surface area (Å²) in [4.78, 5) is 11.6. The number of nitrogens with one attached hydrogen (secondary N) is 2. The molecule has 1 amide bonds. The minimum absolute atomic E-state index is 0.0156. The Morgan fingerprint density at radius 1 is 1.36 bits per heavy atom. The number of piperazine rings is 1. The standard InChI is InChI=1S/C11H20N2O/c1-8(2)9-10(14)12-7-11(13-9)5-3-4-6-11/h8-9,13H,3-7H2,1-2H3,(H,12,14)/t9-/m0/s1. The second-order valence-corrected chi connectivity index (χ2v) is 5.07. The molecule has 0 unspecified atom stereocenters. The maximum atomic E-state index is 11.6. The quantitative estimate of drug-likeness (QED) is 0.658. The Morgan fingerprint density at radius 3 is 2.57 bits per heavy atom. The first-order valence-electron chi connectivity index (χ1n) is 5.68. The SMILES string of the molecule is CC(C)[C@@H]1NC2(CCCC2)CNC1=O. The molecule has 1 saturated carbocycles. The van der Waals surface area contributed by atoms with Crippen molar-refractivity contribution in [2.75, 3.05) is 6.54 Å². The first-order valence-corrected chi connectivity index (χ1v) is 5.68. The highest BCUT2D eigenvalue weighted by molar-refractivity contribution is 5.83. The van der Waals surface area contributed by atoms with Crippen LogP contribution < -0.4 is 10.6 Å². The van der Waals surface area contributed by atoms with Gasteiger partial charge in [-0.25, -0.2) is 0 Å². The molecule has 1 heterocycles. The lowest BCUT2D eigenvalue weighted by molar-refractivity contribution is -0.127. The Bertz CT molecular complexity index is 231. The Balaban J connectivity index is 2.08. The van der Waals surface area contributed by atoms with Crippen molar-refractivity contribution >= 4 is 5.91 Å². The van der Waals surface area contributed by atoms with Crippen LogP contribution in [0.15, 0.2) is 0 Å². The van der Waals surface area contributed by atoms with Crippen molar-refractivity contribution in [1.82, 2.24) is 10.6 Å². The number of amides is 1.